The molecule has 0 aromatic heterocycles. The molecular weight excluding hydrogens is 214 g/mol. The highest BCUT2D eigenvalue weighted by molar-refractivity contribution is 5.84. The van der Waals surface area contributed by atoms with Gasteiger partial charge in [-0.2, -0.15) is 0 Å². The van der Waals surface area contributed by atoms with Crippen molar-refractivity contribution in [2.75, 3.05) is 13.6 Å². The van der Waals surface area contributed by atoms with Crippen LogP contribution < -0.4 is 5.32 Å². The van der Waals surface area contributed by atoms with E-state index in [1.165, 1.54) is 0 Å². The SMILES string of the molecule is CNCC#Cc1ccc(C2(C(=O)O)CC2)cc1. The average molecular weight is 229 g/mol. The van der Waals surface area contributed by atoms with Gasteiger partial charge in [0.25, 0.3) is 0 Å². The number of nitrogens with one attached hydrogen (secondary N) is 1. The maximum absolute atomic E-state index is 11.1. The molecule has 1 fully saturated rings. The van der Waals surface area contributed by atoms with E-state index in [0.29, 0.717) is 6.54 Å². The molecule has 1 aliphatic carbocycles. The van der Waals surface area contributed by atoms with Crippen LogP contribution in [0.2, 0.25) is 0 Å². The minimum absolute atomic E-state index is 0.614. The Balaban J connectivity index is 2.15. The molecular formula is C14H15NO2. The molecule has 0 spiro atoms. The highest BCUT2D eigenvalue weighted by atomic mass is 16.4. The Morgan fingerprint density at radius 3 is 2.53 bits per heavy atom. The van der Waals surface area contributed by atoms with Gasteiger partial charge in [0, 0.05) is 5.56 Å². The first kappa shape index (κ1) is 11.7. The van der Waals surface area contributed by atoms with Crippen LogP contribution in [0, 0.1) is 11.8 Å². The lowest BCUT2D eigenvalue weighted by molar-refractivity contribution is -0.140. The van der Waals surface area contributed by atoms with Crippen LogP contribution in [-0.4, -0.2) is 24.7 Å². The summed E-state index contributed by atoms with van der Waals surface area (Å²) in [6.07, 6.45) is 1.49. The fraction of sp³-hybridized carbons (Fsp3) is 0.357. The first-order valence-corrected chi connectivity index (χ1v) is 5.66. The Labute approximate surface area is 101 Å². The molecule has 0 bridgehead atoms. The molecule has 0 unspecified atom stereocenters. The molecule has 2 N–H and O–H groups in total. The van der Waals surface area contributed by atoms with E-state index in [1.807, 2.05) is 31.3 Å². The van der Waals surface area contributed by atoms with Gasteiger partial charge in [0.2, 0.25) is 0 Å². The molecule has 1 saturated carbocycles. The minimum atomic E-state index is -0.716. The van der Waals surface area contributed by atoms with Crippen LogP contribution in [0.4, 0.5) is 0 Å². The second-order valence-corrected chi connectivity index (χ2v) is 4.30. The first-order chi connectivity index (χ1) is 8.19. The molecule has 3 nitrogen and oxygen atoms in total. The van der Waals surface area contributed by atoms with Crippen molar-refractivity contribution in [2.45, 2.75) is 18.3 Å². The van der Waals surface area contributed by atoms with Gasteiger partial charge in [-0.05, 0) is 37.6 Å². The van der Waals surface area contributed by atoms with Crippen molar-refractivity contribution in [3.05, 3.63) is 35.4 Å². The number of carbonyl (C=O) groups is 1. The molecule has 2 rings (SSSR count). The predicted octanol–water partition coefficient (Wildman–Crippen LogP) is 1.37. The Hall–Kier alpha value is -1.79. The zero-order chi connectivity index (χ0) is 12.3. The van der Waals surface area contributed by atoms with Crippen molar-refractivity contribution in [3.8, 4) is 11.8 Å². The van der Waals surface area contributed by atoms with Gasteiger partial charge in [-0.3, -0.25) is 4.79 Å². The Morgan fingerprint density at radius 2 is 2.06 bits per heavy atom. The molecule has 1 aliphatic rings. The van der Waals surface area contributed by atoms with Gasteiger partial charge in [0.1, 0.15) is 0 Å². The fourth-order valence-corrected chi connectivity index (χ4v) is 1.86. The van der Waals surface area contributed by atoms with E-state index in [-0.39, 0.29) is 0 Å². The largest absolute Gasteiger partial charge is 0.481 e. The van der Waals surface area contributed by atoms with Crippen molar-refractivity contribution in [1.29, 1.82) is 0 Å². The second-order valence-electron chi connectivity index (χ2n) is 4.30. The maximum atomic E-state index is 11.1. The number of aliphatic carboxylic acids is 1. The third kappa shape index (κ3) is 2.32. The molecule has 0 saturated heterocycles. The molecule has 0 aliphatic heterocycles. The van der Waals surface area contributed by atoms with Crippen molar-refractivity contribution < 1.29 is 9.90 Å². The number of hydrogen-bond acceptors (Lipinski definition) is 2. The quantitative estimate of drug-likeness (QED) is 0.770. The summed E-state index contributed by atoms with van der Waals surface area (Å²) >= 11 is 0. The fourth-order valence-electron chi connectivity index (χ4n) is 1.86. The molecule has 1 aromatic carbocycles. The molecule has 1 aromatic rings. The van der Waals surface area contributed by atoms with Crippen LogP contribution in [-0.2, 0) is 10.2 Å². The van der Waals surface area contributed by atoms with E-state index in [4.69, 9.17) is 5.11 Å². The van der Waals surface area contributed by atoms with Gasteiger partial charge in [0.15, 0.2) is 0 Å². The Kier molecular flexibility index (Phi) is 3.16. The third-order valence-corrected chi connectivity index (χ3v) is 3.09. The van der Waals surface area contributed by atoms with Crippen LogP contribution in [0.25, 0.3) is 0 Å². The minimum Gasteiger partial charge on any atom is -0.481 e. The van der Waals surface area contributed by atoms with Crippen molar-refractivity contribution in [1.82, 2.24) is 5.32 Å². The summed E-state index contributed by atoms with van der Waals surface area (Å²) in [5.74, 6) is 5.27. The smallest absolute Gasteiger partial charge is 0.314 e. The summed E-state index contributed by atoms with van der Waals surface area (Å²) in [6.45, 7) is 0.654. The molecule has 0 radical (unpaired) electrons. The van der Waals surface area contributed by atoms with E-state index in [0.717, 1.165) is 24.0 Å². The van der Waals surface area contributed by atoms with Crippen molar-refractivity contribution >= 4 is 5.97 Å². The summed E-state index contributed by atoms with van der Waals surface area (Å²) < 4.78 is 0. The van der Waals surface area contributed by atoms with Crippen LogP contribution >= 0.6 is 0 Å². The normalized spacial score (nSPS) is 15.8. The highest BCUT2D eigenvalue weighted by Gasteiger charge is 2.51. The van der Waals surface area contributed by atoms with Gasteiger partial charge >= 0.3 is 5.97 Å². The van der Waals surface area contributed by atoms with Crippen molar-refractivity contribution in [3.63, 3.8) is 0 Å². The average Bonchev–Trinajstić information content (AvgIpc) is 3.11. The van der Waals surface area contributed by atoms with Crippen LogP contribution in [0.1, 0.15) is 24.0 Å². The van der Waals surface area contributed by atoms with E-state index >= 15 is 0 Å². The summed E-state index contributed by atoms with van der Waals surface area (Å²) in [5, 5.41) is 12.1. The summed E-state index contributed by atoms with van der Waals surface area (Å²) in [7, 11) is 1.85. The van der Waals surface area contributed by atoms with Crippen LogP contribution in [0.5, 0.6) is 0 Å². The van der Waals surface area contributed by atoms with Gasteiger partial charge < -0.3 is 10.4 Å². The van der Waals surface area contributed by atoms with Gasteiger partial charge in [-0.25, -0.2) is 0 Å². The Morgan fingerprint density at radius 1 is 1.41 bits per heavy atom. The predicted molar refractivity (Wildman–Crippen MR) is 65.8 cm³/mol. The number of hydrogen-bond donors (Lipinski definition) is 2. The summed E-state index contributed by atoms with van der Waals surface area (Å²) in [5.41, 5.74) is 1.20. The lowest BCUT2D eigenvalue weighted by atomic mass is 9.95. The third-order valence-electron chi connectivity index (χ3n) is 3.09. The van der Waals surface area contributed by atoms with E-state index < -0.39 is 11.4 Å². The monoisotopic (exact) mass is 229 g/mol. The summed E-state index contributed by atoms with van der Waals surface area (Å²) in [4.78, 5) is 11.1. The van der Waals surface area contributed by atoms with E-state index in [9.17, 15) is 4.79 Å². The van der Waals surface area contributed by atoms with Crippen molar-refractivity contribution in [2.24, 2.45) is 0 Å². The highest BCUT2D eigenvalue weighted by Crippen LogP contribution is 2.48. The molecule has 17 heavy (non-hydrogen) atoms. The lowest BCUT2D eigenvalue weighted by Crippen LogP contribution is -2.19. The second kappa shape index (κ2) is 4.60. The van der Waals surface area contributed by atoms with Crippen LogP contribution in [0.3, 0.4) is 0 Å². The number of carboxylic acids is 1. The maximum Gasteiger partial charge on any atom is 0.314 e. The number of carboxylic acid groups (broad SMARTS) is 1. The standard InChI is InChI=1S/C14H15NO2/c1-15-10-2-3-11-4-6-12(7-5-11)14(8-9-14)13(16)17/h4-7,15H,8-10H2,1H3,(H,16,17). The zero-order valence-corrected chi connectivity index (χ0v) is 9.79. The van der Waals surface area contributed by atoms with E-state index in [1.54, 1.807) is 0 Å². The van der Waals surface area contributed by atoms with Gasteiger partial charge in [-0.15, -0.1) is 0 Å². The van der Waals surface area contributed by atoms with Gasteiger partial charge in [-0.1, -0.05) is 24.0 Å². The van der Waals surface area contributed by atoms with E-state index in [2.05, 4.69) is 17.2 Å². The molecule has 88 valence electrons. The van der Waals surface area contributed by atoms with Gasteiger partial charge in [0.05, 0.1) is 12.0 Å². The molecule has 0 heterocycles. The van der Waals surface area contributed by atoms with Crippen LogP contribution in [0.15, 0.2) is 24.3 Å². The topological polar surface area (TPSA) is 49.3 Å². The molecule has 0 atom stereocenters. The number of benzene rings is 1. The first-order valence-electron chi connectivity index (χ1n) is 5.66. The lowest BCUT2D eigenvalue weighted by Gasteiger charge is -2.09. The molecule has 3 heteroatoms. The number of rotatable bonds is 3. The Bertz CT molecular complexity index is 475. The zero-order valence-electron chi connectivity index (χ0n) is 9.79. The summed E-state index contributed by atoms with van der Waals surface area (Å²) in [6, 6.07) is 7.54. The molecule has 0 amide bonds.